The van der Waals surface area contributed by atoms with Crippen molar-refractivity contribution in [1.82, 2.24) is 4.90 Å². The van der Waals surface area contributed by atoms with Crippen molar-refractivity contribution in [2.45, 2.75) is 12.0 Å². The molecule has 2 rings (SSSR count). The molecule has 5 heteroatoms. The average Bonchev–Trinajstić information content (AvgIpc) is 2.81. The molecule has 0 bridgehead atoms. The first-order chi connectivity index (χ1) is 9.01. The van der Waals surface area contributed by atoms with E-state index in [9.17, 15) is 9.59 Å². The standard InChI is InChI=1S/C14H14N2O3/c15-14(13(18)19)8-9-16(10-14)12(17)7-6-11-4-2-1-3-5-11/h1-5H,8-10,15H2,(H,18,19). The van der Waals surface area contributed by atoms with Crippen LogP contribution in [0.3, 0.4) is 0 Å². The van der Waals surface area contributed by atoms with Crippen LogP contribution in [0, 0.1) is 11.8 Å². The first-order valence-corrected chi connectivity index (χ1v) is 5.89. The van der Waals surface area contributed by atoms with Crippen molar-refractivity contribution in [3.05, 3.63) is 35.9 Å². The summed E-state index contributed by atoms with van der Waals surface area (Å²) in [6.07, 6.45) is 0.251. The van der Waals surface area contributed by atoms with E-state index in [1.165, 1.54) is 4.90 Å². The minimum absolute atomic E-state index is 0.00460. The highest BCUT2D eigenvalue weighted by Crippen LogP contribution is 2.18. The van der Waals surface area contributed by atoms with Crippen LogP contribution in [0.25, 0.3) is 0 Å². The lowest BCUT2D eigenvalue weighted by atomic mass is 10.0. The van der Waals surface area contributed by atoms with Gasteiger partial charge < -0.3 is 15.7 Å². The Morgan fingerprint density at radius 3 is 2.58 bits per heavy atom. The van der Waals surface area contributed by atoms with Gasteiger partial charge in [-0.15, -0.1) is 0 Å². The van der Waals surface area contributed by atoms with E-state index in [1.54, 1.807) is 12.1 Å². The SMILES string of the molecule is NC1(C(=O)O)CCN(C(=O)C#Cc2ccccc2)C1. The Bertz CT molecular complexity index is 559. The molecular weight excluding hydrogens is 244 g/mol. The van der Waals surface area contributed by atoms with Crippen molar-refractivity contribution in [3.8, 4) is 11.8 Å². The number of carbonyl (C=O) groups excluding carboxylic acids is 1. The van der Waals surface area contributed by atoms with Crippen LogP contribution in [0.1, 0.15) is 12.0 Å². The fraction of sp³-hybridized carbons (Fsp3) is 0.286. The number of amides is 1. The minimum Gasteiger partial charge on any atom is -0.480 e. The van der Waals surface area contributed by atoms with Gasteiger partial charge in [-0.05, 0) is 18.6 Å². The molecule has 0 aromatic heterocycles. The second-order valence-corrected chi connectivity index (χ2v) is 4.55. The molecule has 1 aromatic carbocycles. The number of carboxylic acids is 1. The molecule has 0 saturated carbocycles. The molecule has 1 saturated heterocycles. The number of rotatable bonds is 1. The van der Waals surface area contributed by atoms with Gasteiger partial charge in [-0.2, -0.15) is 0 Å². The van der Waals surface area contributed by atoms with Crippen LogP contribution in [0.4, 0.5) is 0 Å². The fourth-order valence-electron chi connectivity index (χ4n) is 1.91. The van der Waals surface area contributed by atoms with E-state index in [-0.39, 0.29) is 13.0 Å². The van der Waals surface area contributed by atoms with Gasteiger partial charge >= 0.3 is 5.97 Å². The van der Waals surface area contributed by atoms with Gasteiger partial charge in [0, 0.05) is 18.0 Å². The van der Waals surface area contributed by atoms with Gasteiger partial charge in [0.15, 0.2) is 0 Å². The molecule has 1 aliphatic rings. The van der Waals surface area contributed by atoms with Gasteiger partial charge in [-0.3, -0.25) is 9.59 Å². The van der Waals surface area contributed by atoms with Crippen LogP contribution < -0.4 is 5.73 Å². The van der Waals surface area contributed by atoms with Crippen LogP contribution in [0.15, 0.2) is 30.3 Å². The average molecular weight is 258 g/mol. The molecule has 98 valence electrons. The molecule has 1 unspecified atom stereocenters. The van der Waals surface area contributed by atoms with E-state index in [0.717, 1.165) is 5.56 Å². The van der Waals surface area contributed by atoms with Gasteiger partial charge in [0.2, 0.25) is 0 Å². The quantitative estimate of drug-likeness (QED) is 0.697. The van der Waals surface area contributed by atoms with E-state index in [0.29, 0.717) is 6.54 Å². The number of aliphatic carboxylic acids is 1. The lowest BCUT2D eigenvalue weighted by Crippen LogP contribution is -2.50. The minimum atomic E-state index is -1.34. The lowest BCUT2D eigenvalue weighted by Gasteiger charge is -2.18. The number of carbonyl (C=O) groups is 2. The molecule has 0 radical (unpaired) electrons. The third kappa shape index (κ3) is 2.92. The monoisotopic (exact) mass is 258 g/mol. The lowest BCUT2D eigenvalue weighted by molar-refractivity contribution is -0.142. The highest BCUT2D eigenvalue weighted by molar-refractivity contribution is 5.95. The largest absolute Gasteiger partial charge is 0.480 e. The number of nitrogens with zero attached hydrogens (tertiary/aromatic N) is 1. The summed E-state index contributed by atoms with van der Waals surface area (Å²) >= 11 is 0. The zero-order valence-corrected chi connectivity index (χ0v) is 10.3. The second kappa shape index (κ2) is 5.12. The number of likely N-dealkylation sites (tertiary alicyclic amines) is 1. The van der Waals surface area contributed by atoms with Gasteiger partial charge in [-0.1, -0.05) is 24.1 Å². The number of nitrogens with two attached hydrogens (primary N) is 1. The van der Waals surface area contributed by atoms with Crippen molar-refractivity contribution in [2.75, 3.05) is 13.1 Å². The summed E-state index contributed by atoms with van der Waals surface area (Å²) in [7, 11) is 0. The molecule has 0 aliphatic carbocycles. The molecule has 0 spiro atoms. The fourth-order valence-corrected chi connectivity index (χ4v) is 1.91. The summed E-state index contributed by atoms with van der Waals surface area (Å²) in [6.45, 7) is 0.329. The molecule has 1 amide bonds. The van der Waals surface area contributed by atoms with Crippen LogP contribution in [-0.2, 0) is 9.59 Å². The number of carboxylic acid groups (broad SMARTS) is 1. The molecule has 3 N–H and O–H groups in total. The molecular formula is C14H14N2O3. The normalized spacial score (nSPS) is 21.6. The smallest absolute Gasteiger partial charge is 0.325 e. The van der Waals surface area contributed by atoms with Crippen molar-refractivity contribution >= 4 is 11.9 Å². The highest BCUT2D eigenvalue weighted by Gasteiger charge is 2.42. The molecule has 1 heterocycles. The van der Waals surface area contributed by atoms with Crippen molar-refractivity contribution in [2.24, 2.45) is 5.73 Å². The third-order valence-corrected chi connectivity index (χ3v) is 3.10. The van der Waals surface area contributed by atoms with Gasteiger partial charge in [-0.25, -0.2) is 0 Å². The van der Waals surface area contributed by atoms with Crippen LogP contribution in [0.5, 0.6) is 0 Å². The number of hydrogen-bond donors (Lipinski definition) is 2. The summed E-state index contributed by atoms with van der Waals surface area (Å²) in [5, 5.41) is 8.98. The molecule has 1 aliphatic heterocycles. The van der Waals surface area contributed by atoms with E-state index in [1.807, 2.05) is 18.2 Å². The first kappa shape index (κ1) is 13.1. The van der Waals surface area contributed by atoms with E-state index in [2.05, 4.69) is 11.8 Å². The topological polar surface area (TPSA) is 83.6 Å². The first-order valence-electron chi connectivity index (χ1n) is 5.89. The van der Waals surface area contributed by atoms with Gasteiger partial charge in [0.1, 0.15) is 5.54 Å². The maximum Gasteiger partial charge on any atom is 0.325 e. The molecule has 1 atom stereocenters. The Morgan fingerprint density at radius 1 is 1.32 bits per heavy atom. The predicted molar refractivity (Wildman–Crippen MR) is 69.1 cm³/mol. The summed E-state index contributed by atoms with van der Waals surface area (Å²) in [5.41, 5.74) is 5.10. The van der Waals surface area contributed by atoms with Crippen molar-refractivity contribution in [3.63, 3.8) is 0 Å². The highest BCUT2D eigenvalue weighted by atomic mass is 16.4. The Kier molecular flexibility index (Phi) is 3.54. The second-order valence-electron chi connectivity index (χ2n) is 4.55. The Morgan fingerprint density at radius 2 is 2.00 bits per heavy atom. The van der Waals surface area contributed by atoms with Crippen LogP contribution >= 0.6 is 0 Å². The van der Waals surface area contributed by atoms with Crippen molar-refractivity contribution in [1.29, 1.82) is 0 Å². The molecule has 19 heavy (non-hydrogen) atoms. The summed E-state index contributed by atoms with van der Waals surface area (Å²) in [6, 6.07) is 9.13. The number of hydrogen-bond acceptors (Lipinski definition) is 3. The van der Waals surface area contributed by atoms with E-state index < -0.39 is 17.4 Å². The third-order valence-electron chi connectivity index (χ3n) is 3.10. The summed E-state index contributed by atoms with van der Waals surface area (Å²) < 4.78 is 0. The molecule has 5 nitrogen and oxygen atoms in total. The van der Waals surface area contributed by atoms with Crippen LogP contribution in [0.2, 0.25) is 0 Å². The molecule has 1 fully saturated rings. The molecule has 1 aromatic rings. The maximum atomic E-state index is 11.8. The summed E-state index contributed by atoms with van der Waals surface area (Å²) in [5.74, 6) is 3.78. The van der Waals surface area contributed by atoms with E-state index in [4.69, 9.17) is 10.8 Å². The Balaban J connectivity index is 2.04. The zero-order chi connectivity index (χ0) is 13.9. The number of benzene rings is 1. The van der Waals surface area contributed by atoms with Gasteiger partial charge in [0.05, 0.1) is 6.54 Å². The Hall–Kier alpha value is -2.32. The zero-order valence-electron chi connectivity index (χ0n) is 10.3. The van der Waals surface area contributed by atoms with Crippen LogP contribution in [-0.4, -0.2) is 40.5 Å². The van der Waals surface area contributed by atoms with Gasteiger partial charge in [0.25, 0.3) is 5.91 Å². The Labute approximate surface area is 111 Å². The predicted octanol–water partition coefficient (Wildman–Crippen LogP) is 0.0525. The summed E-state index contributed by atoms with van der Waals surface area (Å²) in [4.78, 5) is 24.2. The van der Waals surface area contributed by atoms with Crippen molar-refractivity contribution < 1.29 is 14.7 Å². The maximum absolute atomic E-state index is 11.8. The van der Waals surface area contributed by atoms with E-state index >= 15 is 0 Å².